The first-order valence-electron chi connectivity index (χ1n) is 7.04. The second kappa shape index (κ2) is 4.32. The first-order chi connectivity index (χ1) is 10.8. The van der Waals surface area contributed by atoms with Crippen LogP contribution in [0.5, 0.6) is 0 Å². The normalized spacial score (nSPS) is 23.1. The lowest BCUT2D eigenvalue weighted by atomic mass is 9.94. The van der Waals surface area contributed by atoms with E-state index in [1.165, 1.54) is 9.80 Å². The van der Waals surface area contributed by atoms with Crippen molar-refractivity contribution in [2.75, 3.05) is 25.5 Å². The van der Waals surface area contributed by atoms with Gasteiger partial charge in [-0.15, -0.1) is 0 Å². The molecule has 23 heavy (non-hydrogen) atoms. The van der Waals surface area contributed by atoms with Gasteiger partial charge in [0.05, 0.1) is 17.7 Å². The lowest BCUT2D eigenvalue weighted by Gasteiger charge is -2.19. The number of fused-ring (bicyclic) bond motifs is 3. The molecule has 2 aliphatic rings. The van der Waals surface area contributed by atoms with E-state index in [0.717, 1.165) is 0 Å². The Balaban J connectivity index is 2.02. The zero-order chi connectivity index (χ0) is 16.5. The Kier molecular flexibility index (Phi) is 2.67. The molecule has 7 nitrogen and oxygen atoms in total. The molecule has 2 amide bonds. The summed E-state index contributed by atoms with van der Waals surface area (Å²) in [5.74, 6) is 0.260. The van der Waals surface area contributed by atoms with Gasteiger partial charge in [-0.05, 0) is 19.1 Å². The van der Waals surface area contributed by atoms with Crippen LogP contribution >= 0.6 is 11.6 Å². The summed E-state index contributed by atoms with van der Waals surface area (Å²) in [5, 5.41) is 0.989. The first-order valence-corrected chi connectivity index (χ1v) is 7.42. The molecule has 0 aliphatic carbocycles. The fourth-order valence-electron chi connectivity index (χ4n) is 3.24. The number of aryl methyl sites for hydroxylation is 1. The topological polar surface area (TPSA) is 75.6 Å². The molecule has 1 fully saturated rings. The number of aromatic nitrogens is 2. The number of amides is 2. The summed E-state index contributed by atoms with van der Waals surface area (Å²) < 4.78 is 5.46. The van der Waals surface area contributed by atoms with Crippen molar-refractivity contribution >= 4 is 40.2 Å². The highest BCUT2D eigenvalue weighted by Gasteiger charge is 2.58. The number of nitrogens with zero attached hydrogens (tertiary/aromatic N) is 4. The van der Waals surface area contributed by atoms with Crippen LogP contribution in [0.15, 0.2) is 12.1 Å². The summed E-state index contributed by atoms with van der Waals surface area (Å²) in [7, 11) is 3.25. The molecular formula is C15H13ClN4O3. The number of hydrogen-bond acceptors (Lipinski definition) is 5. The minimum atomic E-state index is -1.31. The summed E-state index contributed by atoms with van der Waals surface area (Å²) in [4.78, 5) is 36.0. The highest BCUT2D eigenvalue weighted by Crippen LogP contribution is 2.47. The van der Waals surface area contributed by atoms with Gasteiger partial charge in [0.15, 0.2) is 0 Å². The summed E-state index contributed by atoms with van der Waals surface area (Å²) in [6.45, 7) is 1.92. The average Bonchev–Trinajstić information content (AvgIpc) is 2.89. The van der Waals surface area contributed by atoms with E-state index in [-0.39, 0.29) is 12.5 Å². The molecule has 1 spiro atoms. The zero-order valence-corrected chi connectivity index (χ0v) is 13.5. The summed E-state index contributed by atoms with van der Waals surface area (Å²) in [6, 6.07) is 3.53. The average molecular weight is 333 g/mol. The SMILES string of the molecule is Cc1nc(Cl)c2cc3c(cc2n1)C1(CN(C)C(=O)O1)C(=O)N3C. The number of carbonyl (C=O) groups excluding carboxylic acids is 2. The lowest BCUT2D eigenvalue weighted by Crippen LogP contribution is -2.41. The van der Waals surface area contributed by atoms with Crippen LogP contribution in [0.1, 0.15) is 11.4 Å². The monoisotopic (exact) mass is 332 g/mol. The highest BCUT2D eigenvalue weighted by atomic mass is 35.5. The predicted molar refractivity (Wildman–Crippen MR) is 83.5 cm³/mol. The first kappa shape index (κ1) is 14.2. The smallest absolute Gasteiger partial charge is 0.411 e. The van der Waals surface area contributed by atoms with E-state index in [2.05, 4.69) is 9.97 Å². The Morgan fingerprint density at radius 2 is 2.00 bits per heavy atom. The van der Waals surface area contributed by atoms with E-state index in [4.69, 9.17) is 16.3 Å². The summed E-state index contributed by atoms with van der Waals surface area (Å²) >= 11 is 6.20. The molecule has 0 bridgehead atoms. The van der Waals surface area contributed by atoms with E-state index in [9.17, 15) is 9.59 Å². The second-order valence-electron chi connectivity index (χ2n) is 5.86. The number of rotatable bonds is 0. The Labute approximate surface area is 136 Å². The Hall–Kier alpha value is -2.41. The lowest BCUT2D eigenvalue weighted by molar-refractivity contribution is -0.132. The largest absolute Gasteiger partial charge is 0.426 e. The molecule has 8 heteroatoms. The van der Waals surface area contributed by atoms with Crippen molar-refractivity contribution in [1.29, 1.82) is 0 Å². The van der Waals surface area contributed by atoms with E-state index in [1.54, 1.807) is 33.2 Å². The second-order valence-corrected chi connectivity index (χ2v) is 6.22. The number of carbonyl (C=O) groups is 2. The van der Waals surface area contributed by atoms with Crippen molar-refractivity contribution in [2.45, 2.75) is 12.5 Å². The maximum absolute atomic E-state index is 12.8. The van der Waals surface area contributed by atoms with Crippen molar-refractivity contribution in [3.63, 3.8) is 0 Å². The molecule has 1 unspecified atom stereocenters. The molecule has 0 N–H and O–H groups in total. The molecule has 1 saturated heterocycles. The molecule has 1 aromatic carbocycles. The van der Waals surface area contributed by atoms with Crippen LogP contribution < -0.4 is 4.90 Å². The van der Waals surface area contributed by atoms with Crippen LogP contribution in [0.4, 0.5) is 10.5 Å². The number of anilines is 1. The molecule has 1 atom stereocenters. The molecule has 1 aromatic heterocycles. The van der Waals surface area contributed by atoms with Gasteiger partial charge in [-0.25, -0.2) is 14.8 Å². The number of ether oxygens (including phenoxy) is 1. The van der Waals surface area contributed by atoms with Crippen LogP contribution in [0.25, 0.3) is 10.9 Å². The molecule has 118 valence electrons. The Bertz CT molecular complexity index is 900. The minimum Gasteiger partial charge on any atom is -0.426 e. The van der Waals surface area contributed by atoms with Crippen molar-refractivity contribution in [1.82, 2.24) is 14.9 Å². The van der Waals surface area contributed by atoms with Crippen LogP contribution in [-0.4, -0.2) is 47.5 Å². The van der Waals surface area contributed by atoms with Gasteiger partial charge in [0.1, 0.15) is 11.0 Å². The van der Waals surface area contributed by atoms with Gasteiger partial charge in [0.2, 0.25) is 5.60 Å². The van der Waals surface area contributed by atoms with Gasteiger partial charge < -0.3 is 14.5 Å². The van der Waals surface area contributed by atoms with Gasteiger partial charge >= 0.3 is 6.09 Å². The molecule has 0 radical (unpaired) electrons. The van der Waals surface area contributed by atoms with Crippen molar-refractivity contribution < 1.29 is 14.3 Å². The fourth-order valence-corrected chi connectivity index (χ4v) is 3.52. The molecular weight excluding hydrogens is 320 g/mol. The number of hydrogen-bond donors (Lipinski definition) is 0. The number of halogens is 1. The molecule has 4 rings (SSSR count). The Morgan fingerprint density at radius 1 is 1.26 bits per heavy atom. The summed E-state index contributed by atoms with van der Waals surface area (Å²) in [5.41, 5.74) is 0.591. The highest BCUT2D eigenvalue weighted by molar-refractivity contribution is 6.34. The number of benzene rings is 1. The predicted octanol–water partition coefficient (Wildman–Crippen LogP) is 1.85. The van der Waals surface area contributed by atoms with E-state index in [1.807, 2.05) is 0 Å². The van der Waals surface area contributed by atoms with Gasteiger partial charge in [-0.1, -0.05) is 11.6 Å². The molecule has 2 aliphatic heterocycles. The molecule has 3 heterocycles. The van der Waals surface area contributed by atoms with Crippen molar-refractivity contribution in [2.24, 2.45) is 0 Å². The van der Waals surface area contributed by atoms with Gasteiger partial charge in [-0.2, -0.15) is 0 Å². The van der Waals surface area contributed by atoms with Crippen LogP contribution in [0, 0.1) is 6.92 Å². The van der Waals surface area contributed by atoms with E-state index < -0.39 is 11.7 Å². The maximum Gasteiger partial charge on any atom is 0.411 e. The van der Waals surface area contributed by atoms with Crippen molar-refractivity contribution in [3.8, 4) is 0 Å². The van der Waals surface area contributed by atoms with Gasteiger partial charge in [0, 0.05) is 25.0 Å². The summed E-state index contributed by atoms with van der Waals surface area (Å²) in [6.07, 6.45) is -0.517. The fraction of sp³-hybridized carbons (Fsp3) is 0.333. The van der Waals surface area contributed by atoms with Gasteiger partial charge in [0.25, 0.3) is 5.91 Å². The standard InChI is InChI=1S/C15H13ClN4O3/c1-7-17-10-5-9-11(4-8(10)12(16)18-7)20(3)13(21)15(9)6-19(2)14(22)23-15/h4-5H,6H2,1-3H3. The van der Waals surface area contributed by atoms with Crippen LogP contribution in [0.2, 0.25) is 5.15 Å². The van der Waals surface area contributed by atoms with Crippen molar-refractivity contribution in [3.05, 3.63) is 28.7 Å². The van der Waals surface area contributed by atoms with Crippen LogP contribution in [-0.2, 0) is 15.1 Å². The molecule has 0 saturated carbocycles. The van der Waals surface area contributed by atoms with E-state index in [0.29, 0.717) is 33.1 Å². The maximum atomic E-state index is 12.8. The third-order valence-electron chi connectivity index (χ3n) is 4.36. The molecule has 2 aromatic rings. The Morgan fingerprint density at radius 3 is 2.65 bits per heavy atom. The quantitative estimate of drug-likeness (QED) is 0.688. The third kappa shape index (κ3) is 1.71. The van der Waals surface area contributed by atoms with Gasteiger partial charge in [-0.3, -0.25) is 4.79 Å². The van der Waals surface area contributed by atoms with Crippen LogP contribution in [0.3, 0.4) is 0 Å². The minimum absolute atomic E-state index is 0.172. The third-order valence-corrected chi connectivity index (χ3v) is 4.65. The van der Waals surface area contributed by atoms with E-state index >= 15 is 0 Å². The zero-order valence-electron chi connectivity index (χ0n) is 12.8. The number of likely N-dealkylation sites (N-methyl/N-ethyl adjacent to an activating group) is 2.